The van der Waals surface area contributed by atoms with Gasteiger partial charge in [0.1, 0.15) is 23.0 Å². The van der Waals surface area contributed by atoms with Crippen LogP contribution in [-0.2, 0) is 18.5 Å². The van der Waals surface area contributed by atoms with Gasteiger partial charge in [-0.1, -0.05) is 133 Å². The summed E-state index contributed by atoms with van der Waals surface area (Å²) in [5, 5.41) is 4.94. The first-order valence-corrected chi connectivity index (χ1v) is 31.7. The van der Waals surface area contributed by atoms with Crippen molar-refractivity contribution in [2.45, 2.75) is 51.9 Å². The summed E-state index contributed by atoms with van der Waals surface area (Å²) in [6.45, 7) is 6.13. The Kier molecular flexibility index (Phi) is 13.2. The number of para-hydroxylation sites is 2. The van der Waals surface area contributed by atoms with Crippen molar-refractivity contribution in [1.29, 1.82) is 0 Å². The van der Waals surface area contributed by atoms with Crippen molar-refractivity contribution in [3.63, 3.8) is 0 Å². The minimum absolute atomic E-state index is 0.799. The molecule has 3 heterocycles. The summed E-state index contributed by atoms with van der Waals surface area (Å²) in [4.78, 5) is 9.69. The number of rotatable bonds is 14. The van der Waals surface area contributed by atoms with E-state index in [2.05, 4.69) is 300 Å². The molecule has 426 valence electrons. The number of fused-ring (bicyclic) bond motifs is 15. The number of aryl methyl sites for hydroxylation is 2. The molecule has 7 nitrogen and oxygen atoms in total. The molecule has 0 atom stereocenters. The normalized spacial score (nSPS) is 12.7. The SMILES string of the molecule is CCn1c2cc(Sc3ccccc3)ccc2c2ccc(N(c3ccc(OC)cc3)c3ccc4c(c3)C3(c5ccccc5Oc5ccccc53)c3cc(N(c5ccc(OC)cc5)c5ccc6c7ccc(Sc8ccccc8)cc7n(CC)c6c5)ccc3-4)cc21. The monoisotopic (exact) mass is 1180 g/mol. The van der Waals surface area contributed by atoms with Crippen molar-refractivity contribution < 1.29 is 14.2 Å². The van der Waals surface area contributed by atoms with E-state index in [1.54, 1.807) is 37.7 Å². The van der Waals surface area contributed by atoms with Crippen molar-refractivity contribution in [3.05, 3.63) is 289 Å². The molecule has 1 spiro atoms. The van der Waals surface area contributed by atoms with E-state index in [0.29, 0.717) is 0 Å². The van der Waals surface area contributed by atoms with Gasteiger partial charge in [-0.25, -0.2) is 0 Å². The van der Waals surface area contributed by atoms with Crippen molar-refractivity contribution in [2.24, 2.45) is 0 Å². The van der Waals surface area contributed by atoms with Crippen LogP contribution in [0.4, 0.5) is 34.1 Å². The van der Waals surface area contributed by atoms with E-state index in [-0.39, 0.29) is 0 Å². The van der Waals surface area contributed by atoms with Crippen LogP contribution in [0.25, 0.3) is 54.7 Å². The predicted octanol–water partition coefficient (Wildman–Crippen LogP) is 21.7. The van der Waals surface area contributed by atoms with Crippen LogP contribution >= 0.6 is 23.5 Å². The fourth-order valence-corrected chi connectivity index (χ4v) is 15.7. The van der Waals surface area contributed by atoms with Gasteiger partial charge >= 0.3 is 0 Å². The molecule has 2 aromatic heterocycles. The molecule has 0 saturated heterocycles. The molecule has 0 saturated carbocycles. The Balaban J connectivity index is 0.884. The van der Waals surface area contributed by atoms with Crippen LogP contribution in [0.3, 0.4) is 0 Å². The lowest BCUT2D eigenvalue weighted by Gasteiger charge is -2.40. The third-order valence-corrected chi connectivity index (χ3v) is 19.8. The number of hydrogen-bond acceptors (Lipinski definition) is 7. The molecular formula is C79H60N4O3S2. The van der Waals surface area contributed by atoms with Gasteiger partial charge in [-0.15, -0.1) is 0 Å². The van der Waals surface area contributed by atoms with E-state index < -0.39 is 5.41 Å². The first kappa shape index (κ1) is 53.4. The minimum Gasteiger partial charge on any atom is -0.497 e. The number of nitrogens with zero attached hydrogens (tertiary/aromatic N) is 4. The topological polar surface area (TPSA) is 44.0 Å². The molecule has 12 aromatic carbocycles. The van der Waals surface area contributed by atoms with Crippen LogP contribution < -0.4 is 24.0 Å². The van der Waals surface area contributed by atoms with Crippen molar-refractivity contribution in [1.82, 2.24) is 9.13 Å². The van der Waals surface area contributed by atoms with Crippen LogP contribution in [0.5, 0.6) is 23.0 Å². The first-order chi connectivity index (χ1) is 43.4. The van der Waals surface area contributed by atoms with Crippen molar-refractivity contribution >= 4 is 101 Å². The lowest BCUT2D eigenvalue weighted by Crippen LogP contribution is -2.32. The number of anilines is 6. The molecule has 0 radical (unpaired) electrons. The van der Waals surface area contributed by atoms with E-state index in [1.165, 1.54) is 85.4 Å². The highest BCUT2D eigenvalue weighted by atomic mass is 32.2. The number of aromatic nitrogens is 2. The van der Waals surface area contributed by atoms with E-state index in [1.807, 2.05) is 0 Å². The molecule has 1 aliphatic heterocycles. The first-order valence-electron chi connectivity index (χ1n) is 30.0. The fraction of sp³-hybridized carbons (Fsp3) is 0.0886. The highest BCUT2D eigenvalue weighted by Gasteiger charge is 2.51. The van der Waals surface area contributed by atoms with Gasteiger partial charge in [0, 0.05) is 99.5 Å². The lowest BCUT2D eigenvalue weighted by molar-refractivity contribution is 0.414. The summed E-state index contributed by atoms with van der Waals surface area (Å²) in [6.07, 6.45) is 0. The smallest absolute Gasteiger partial charge is 0.132 e. The van der Waals surface area contributed by atoms with Gasteiger partial charge in [0.2, 0.25) is 0 Å². The number of ether oxygens (including phenoxy) is 3. The van der Waals surface area contributed by atoms with Crippen LogP contribution in [0.15, 0.2) is 287 Å². The standard InChI is InChI=1S/C79H60N4O3S2/c1-5-80-73-47-55(31-41-65(73)67-43-37-61(49-75(67)80)87-59-17-9-7-10-18-59)82(51-25-33-57(84-3)34-26-51)53-29-39-63-64-40-30-54(46-72(64)79(71(63)45-53)69-21-13-15-23-77(69)86-78-24-16-14-22-70(78)79)83(52-27-35-58(85-4)36-28-52)56-32-42-66-68-44-38-62(88-60-19-11-8-12-20-60)50-76(68)81(6-2)74(66)48-56/h7-50H,5-6H2,1-4H3. The maximum atomic E-state index is 6.97. The highest BCUT2D eigenvalue weighted by molar-refractivity contribution is 7.99. The van der Waals surface area contributed by atoms with Gasteiger partial charge in [0.15, 0.2) is 0 Å². The number of hydrogen-bond donors (Lipinski definition) is 0. The second-order valence-corrected chi connectivity index (χ2v) is 24.7. The zero-order valence-corrected chi connectivity index (χ0v) is 50.8. The number of methoxy groups -OCH3 is 2. The largest absolute Gasteiger partial charge is 0.497 e. The Morgan fingerprint density at radius 3 is 1.10 bits per heavy atom. The van der Waals surface area contributed by atoms with Gasteiger partial charge in [0.25, 0.3) is 0 Å². The fourth-order valence-electron chi connectivity index (χ4n) is 14.0. The second kappa shape index (κ2) is 21.7. The molecule has 0 amide bonds. The molecule has 88 heavy (non-hydrogen) atoms. The van der Waals surface area contributed by atoms with Crippen LogP contribution in [0, 0.1) is 0 Å². The van der Waals surface area contributed by atoms with Gasteiger partial charge in [-0.2, -0.15) is 0 Å². The van der Waals surface area contributed by atoms with E-state index in [4.69, 9.17) is 14.2 Å². The summed E-state index contributed by atoms with van der Waals surface area (Å²) in [7, 11) is 3.45. The van der Waals surface area contributed by atoms with Gasteiger partial charge in [0.05, 0.1) is 41.7 Å². The Morgan fingerprint density at radius 1 is 0.341 bits per heavy atom. The maximum Gasteiger partial charge on any atom is 0.132 e. The maximum absolute atomic E-state index is 6.97. The number of benzene rings is 12. The van der Waals surface area contributed by atoms with E-state index >= 15 is 0 Å². The molecule has 2 aliphatic rings. The zero-order chi connectivity index (χ0) is 59.0. The average Bonchev–Trinajstić information content (AvgIpc) is 1.48. The molecule has 14 aromatic rings. The predicted molar refractivity (Wildman–Crippen MR) is 365 cm³/mol. The summed E-state index contributed by atoms with van der Waals surface area (Å²) in [5.74, 6) is 3.27. The summed E-state index contributed by atoms with van der Waals surface area (Å²) in [5.41, 5.74) is 17.1. The van der Waals surface area contributed by atoms with E-state index in [0.717, 1.165) is 81.3 Å². The third kappa shape index (κ3) is 8.66. The Bertz CT molecular complexity index is 4700. The molecule has 0 N–H and O–H groups in total. The molecule has 16 rings (SSSR count). The summed E-state index contributed by atoms with van der Waals surface area (Å²) >= 11 is 3.60. The highest BCUT2D eigenvalue weighted by Crippen LogP contribution is 2.64. The molecule has 0 bridgehead atoms. The molecular weight excluding hydrogens is 1120 g/mol. The molecule has 1 aliphatic carbocycles. The summed E-state index contributed by atoms with van der Waals surface area (Å²) in [6, 6.07) is 97.5. The van der Waals surface area contributed by atoms with Crippen molar-refractivity contribution in [2.75, 3.05) is 24.0 Å². The van der Waals surface area contributed by atoms with Crippen LogP contribution in [-0.4, -0.2) is 23.4 Å². The van der Waals surface area contributed by atoms with Crippen LogP contribution in [0.2, 0.25) is 0 Å². The van der Waals surface area contributed by atoms with Gasteiger partial charge < -0.3 is 33.1 Å². The Hall–Kier alpha value is -10.1. The van der Waals surface area contributed by atoms with Crippen LogP contribution in [0.1, 0.15) is 36.1 Å². The minimum atomic E-state index is -0.804. The average molecular weight is 1180 g/mol. The quantitative estimate of drug-likeness (QED) is 0.107. The van der Waals surface area contributed by atoms with E-state index in [9.17, 15) is 0 Å². The van der Waals surface area contributed by atoms with Crippen molar-refractivity contribution in [3.8, 4) is 34.1 Å². The molecule has 0 fully saturated rings. The zero-order valence-electron chi connectivity index (χ0n) is 49.1. The van der Waals surface area contributed by atoms with Gasteiger partial charge in [-0.05, 0) is 194 Å². The van der Waals surface area contributed by atoms with Gasteiger partial charge in [-0.3, -0.25) is 0 Å². The third-order valence-electron chi connectivity index (χ3n) is 17.8. The summed E-state index contributed by atoms with van der Waals surface area (Å²) < 4.78 is 23.5. The molecule has 9 heteroatoms. The molecule has 0 unspecified atom stereocenters. The lowest BCUT2D eigenvalue weighted by atomic mass is 9.66. The Labute approximate surface area is 520 Å². The second-order valence-electron chi connectivity index (χ2n) is 22.5. The Morgan fingerprint density at radius 2 is 0.693 bits per heavy atom.